The van der Waals surface area contributed by atoms with Crippen LogP contribution in [0.1, 0.15) is 5.56 Å². The highest BCUT2D eigenvalue weighted by Gasteiger charge is 2.57. The Balaban J connectivity index is 1.81. The summed E-state index contributed by atoms with van der Waals surface area (Å²) in [5.74, 6) is -1.52. The Morgan fingerprint density at radius 1 is 1.15 bits per heavy atom. The molecule has 4 amide bonds. The van der Waals surface area contributed by atoms with Crippen molar-refractivity contribution in [1.29, 1.82) is 0 Å². The van der Waals surface area contributed by atoms with E-state index in [4.69, 9.17) is 21.1 Å². The Morgan fingerprint density at radius 2 is 1.82 bits per heavy atom. The van der Waals surface area contributed by atoms with Gasteiger partial charge in [-0.05, 0) is 42.3 Å². The molecular formula is C22H21ClN4O7. The number of nitrogens with one attached hydrogen (secondary N) is 1. The fourth-order valence-corrected chi connectivity index (χ4v) is 4.44. The number of imide groups is 2. The number of ether oxygens (including phenoxy) is 2. The van der Waals surface area contributed by atoms with Crippen molar-refractivity contribution < 1.29 is 28.8 Å². The molecular weight excluding hydrogens is 468 g/mol. The predicted octanol–water partition coefficient (Wildman–Crippen LogP) is 2.50. The highest BCUT2D eigenvalue weighted by Crippen LogP contribution is 2.42. The number of nitro benzene ring substituents is 1. The molecule has 34 heavy (non-hydrogen) atoms. The summed E-state index contributed by atoms with van der Waals surface area (Å²) in [5, 5.41) is 14.1. The van der Waals surface area contributed by atoms with Gasteiger partial charge in [-0.2, -0.15) is 0 Å². The van der Waals surface area contributed by atoms with Crippen molar-refractivity contribution in [3.05, 3.63) is 63.2 Å². The Morgan fingerprint density at radius 3 is 2.44 bits per heavy atom. The largest absolute Gasteiger partial charge is 0.365 e. The number of amides is 4. The highest BCUT2D eigenvalue weighted by molar-refractivity contribution is 6.32. The Hall–Kier alpha value is -3.54. The van der Waals surface area contributed by atoms with Crippen molar-refractivity contribution in [2.75, 3.05) is 37.1 Å². The summed E-state index contributed by atoms with van der Waals surface area (Å²) in [6.45, 7) is 0.0398. The first-order valence-electron chi connectivity index (χ1n) is 10.2. The van der Waals surface area contributed by atoms with Crippen LogP contribution in [0.25, 0.3) is 0 Å². The number of rotatable bonds is 6. The zero-order chi connectivity index (χ0) is 24.6. The van der Waals surface area contributed by atoms with Gasteiger partial charge in [0.25, 0.3) is 11.6 Å². The summed E-state index contributed by atoms with van der Waals surface area (Å²) in [7, 11) is 2.90. The van der Waals surface area contributed by atoms with Crippen molar-refractivity contribution in [3.8, 4) is 0 Å². The molecule has 2 aromatic carbocycles. The molecule has 2 heterocycles. The van der Waals surface area contributed by atoms with E-state index >= 15 is 0 Å². The number of barbiturate groups is 1. The smallest absolute Gasteiger partial charge is 0.335 e. The van der Waals surface area contributed by atoms with Crippen LogP contribution in [-0.4, -0.2) is 56.4 Å². The van der Waals surface area contributed by atoms with E-state index in [0.29, 0.717) is 16.3 Å². The molecule has 0 bridgehead atoms. The van der Waals surface area contributed by atoms with E-state index in [2.05, 4.69) is 5.32 Å². The van der Waals surface area contributed by atoms with Gasteiger partial charge in [0, 0.05) is 43.6 Å². The van der Waals surface area contributed by atoms with Gasteiger partial charge in [-0.3, -0.25) is 25.0 Å². The molecule has 2 aliphatic heterocycles. The first kappa shape index (κ1) is 23.6. The van der Waals surface area contributed by atoms with Crippen LogP contribution >= 0.6 is 11.6 Å². The first-order valence-corrected chi connectivity index (χ1v) is 10.6. The van der Waals surface area contributed by atoms with Crippen LogP contribution in [0.4, 0.5) is 21.9 Å². The van der Waals surface area contributed by atoms with Gasteiger partial charge in [0.2, 0.25) is 5.91 Å². The third kappa shape index (κ3) is 3.98. The number of fused-ring (bicyclic) bond motifs is 1. The maximum absolute atomic E-state index is 13.8. The molecule has 1 N–H and O–H groups in total. The average Bonchev–Trinajstić information content (AvgIpc) is 2.82. The summed E-state index contributed by atoms with van der Waals surface area (Å²) >= 11 is 5.94. The second-order valence-corrected chi connectivity index (χ2v) is 8.42. The third-order valence-electron chi connectivity index (χ3n) is 6.02. The highest BCUT2D eigenvalue weighted by atomic mass is 35.5. The predicted molar refractivity (Wildman–Crippen MR) is 122 cm³/mol. The van der Waals surface area contributed by atoms with Crippen LogP contribution in [-0.2, 0) is 25.5 Å². The second-order valence-electron chi connectivity index (χ2n) is 7.99. The zero-order valence-corrected chi connectivity index (χ0v) is 19.1. The van der Waals surface area contributed by atoms with Gasteiger partial charge in [-0.25, -0.2) is 9.69 Å². The van der Waals surface area contributed by atoms with Gasteiger partial charge < -0.3 is 14.4 Å². The molecule has 0 radical (unpaired) electrons. The first-order chi connectivity index (χ1) is 16.2. The molecule has 2 aliphatic rings. The van der Waals surface area contributed by atoms with Crippen molar-refractivity contribution in [3.63, 3.8) is 0 Å². The van der Waals surface area contributed by atoms with E-state index in [1.54, 1.807) is 11.0 Å². The number of carbonyl (C=O) groups is 3. The lowest BCUT2D eigenvalue weighted by molar-refractivity contribution is -0.384. The Bertz CT molecular complexity index is 1170. The van der Waals surface area contributed by atoms with Gasteiger partial charge in [0.05, 0.1) is 17.2 Å². The fourth-order valence-electron chi connectivity index (χ4n) is 4.31. The maximum atomic E-state index is 13.8. The minimum atomic E-state index is -1.72. The molecule has 0 aliphatic carbocycles. The van der Waals surface area contributed by atoms with Gasteiger partial charge in [-0.1, -0.05) is 11.6 Å². The number of hydrogen-bond acceptors (Lipinski definition) is 8. The molecule has 11 nitrogen and oxygen atoms in total. The number of halogens is 1. The monoisotopic (exact) mass is 488 g/mol. The minimum absolute atomic E-state index is 0.0942. The van der Waals surface area contributed by atoms with Gasteiger partial charge in [0.1, 0.15) is 0 Å². The molecule has 0 aromatic heterocycles. The average molecular weight is 489 g/mol. The number of urea groups is 1. The van der Waals surface area contributed by atoms with Crippen LogP contribution < -0.4 is 15.1 Å². The molecule has 1 saturated heterocycles. The lowest BCUT2D eigenvalue weighted by Gasteiger charge is -2.46. The second kappa shape index (κ2) is 9.01. The van der Waals surface area contributed by atoms with Gasteiger partial charge >= 0.3 is 6.03 Å². The van der Waals surface area contributed by atoms with Gasteiger partial charge in [0.15, 0.2) is 11.7 Å². The molecule has 12 heteroatoms. The minimum Gasteiger partial charge on any atom is -0.365 e. The topological polar surface area (TPSA) is 131 Å². The van der Waals surface area contributed by atoms with E-state index in [0.717, 1.165) is 4.90 Å². The lowest BCUT2D eigenvalue weighted by atomic mass is 9.74. The number of nitrogens with zero attached hydrogens (tertiary/aromatic N) is 3. The number of hydrogen-bond donors (Lipinski definition) is 1. The van der Waals surface area contributed by atoms with Crippen LogP contribution in [0.5, 0.6) is 0 Å². The number of benzene rings is 2. The zero-order valence-electron chi connectivity index (χ0n) is 18.3. The molecule has 1 unspecified atom stereocenters. The van der Waals surface area contributed by atoms with Crippen molar-refractivity contribution in [2.24, 2.45) is 5.41 Å². The SMILES string of the molecule is COC(CN1CC2(Cc3cc([N+](=O)[O-])ccc31)C(=O)NC(=O)N(c1ccc(Cl)cc1)C2=O)OC. The van der Waals surface area contributed by atoms with Crippen molar-refractivity contribution in [2.45, 2.75) is 12.7 Å². The molecule has 178 valence electrons. The van der Waals surface area contributed by atoms with E-state index < -0.39 is 34.5 Å². The van der Waals surface area contributed by atoms with Crippen LogP contribution in [0.2, 0.25) is 5.02 Å². The van der Waals surface area contributed by atoms with E-state index in [1.165, 1.54) is 50.6 Å². The number of non-ortho nitro benzene ring substituents is 1. The fraction of sp³-hybridized carbons (Fsp3) is 0.318. The third-order valence-corrected chi connectivity index (χ3v) is 6.27. The molecule has 4 rings (SSSR count). The van der Waals surface area contributed by atoms with Crippen LogP contribution in [0.15, 0.2) is 42.5 Å². The van der Waals surface area contributed by atoms with Crippen LogP contribution in [0.3, 0.4) is 0 Å². The number of anilines is 2. The normalized spacial score (nSPS) is 20.1. The maximum Gasteiger partial charge on any atom is 0.335 e. The number of carbonyl (C=O) groups excluding carboxylic acids is 3. The van der Waals surface area contributed by atoms with Crippen molar-refractivity contribution >= 4 is 46.5 Å². The molecule has 2 aromatic rings. The standard InChI is InChI=1S/C22H21ClN4O7/c1-33-18(34-2)11-25-12-22(10-13-9-16(27(31)32)7-8-17(13)25)19(28)24-21(30)26(20(22)29)15-5-3-14(23)4-6-15/h3-9,18H,10-12H2,1-2H3,(H,24,28,30). The summed E-state index contributed by atoms with van der Waals surface area (Å²) in [6, 6.07) is 9.40. The number of methoxy groups -OCH3 is 2. The van der Waals surface area contributed by atoms with E-state index in [-0.39, 0.29) is 30.9 Å². The quantitative estimate of drug-likeness (QED) is 0.284. The molecule has 0 saturated carbocycles. The summed E-state index contributed by atoms with van der Waals surface area (Å²) < 4.78 is 10.6. The molecule has 1 spiro atoms. The van der Waals surface area contributed by atoms with E-state index in [1.807, 2.05) is 0 Å². The molecule has 1 atom stereocenters. The summed E-state index contributed by atoms with van der Waals surface area (Å²) in [5.41, 5.74) is -0.644. The number of nitro groups is 1. The van der Waals surface area contributed by atoms with Crippen LogP contribution in [0, 0.1) is 15.5 Å². The van der Waals surface area contributed by atoms with E-state index in [9.17, 15) is 24.5 Å². The Kier molecular flexibility index (Phi) is 6.26. The Labute approximate surface area is 199 Å². The molecule has 1 fully saturated rings. The summed E-state index contributed by atoms with van der Waals surface area (Å²) in [4.78, 5) is 53.1. The summed E-state index contributed by atoms with van der Waals surface area (Å²) in [6.07, 6.45) is -0.832. The van der Waals surface area contributed by atoms with Gasteiger partial charge in [-0.15, -0.1) is 0 Å². The van der Waals surface area contributed by atoms with Crippen molar-refractivity contribution in [1.82, 2.24) is 5.32 Å². The lowest BCUT2D eigenvalue weighted by Crippen LogP contribution is -2.69.